The van der Waals surface area contributed by atoms with E-state index < -0.39 is 0 Å². The molecule has 0 saturated carbocycles. The second-order valence-corrected chi connectivity index (χ2v) is 5.83. The number of aromatic nitrogens is 1. The highest BCUT2D eigenvalue weighted by molar-refractivity contribution is 7.22. The van der Waals surface area contributed by atoms with Gasteiger partial charge in [0, 0.05) is 7.11 Å². The van der Waals surface area contributed by atoms with Gasteiger partial charge in [-0.25, -0.2) is 4.98 Å². The minimum absolute atomic E-state index is 0.271. The summed E-state index contributed by atoms with van der Waals surface area (Å²) in [5, 5.41) is 4.38. The molecule has 1 N–H and O–H groups in total. The van der Waals surface area contributed by atoms with Crippen molar-refractivity contribution in [3.8, 4) is 5.75 Å². The number of nitrogens with zero attached hydrogens (tertiary/aromatic N) is 1. The fourth-order valence-corrected chi connectivity index (χ4v) is 2.79. The van der Waals surface area contributed by atoms with Crippen molar-refractivity contribution in [1.29, 1.82) is 0 Å². The van der Waals surface area contributed by atoms with Crippen LogP contribution in [0.3, 0.4) is 0 Å². The first kappa shape index (κ1) is 14.1. The molecule has 0 radical (unpaired) electrons. The van der Waals surface area contributed by atoms with Gasteiger partial charge in [0.2, 0.25) is 0 Å². The van der Waals surface area contributed by atoms with Gasteiger partial charge in [-0.1, -0.05) is 25.2 Å². The Morgan fingerprint density at radius 1 is 1.32 bits per heavy atom. The highest BCUT2D eigenvalue weighted by Crippen LogP contribution is 2.29. The number of nitrogens with one attached hydrogen (secondary N) is 1. The van der Waals surface area contributed by atoms with Gasteiger partial charge in [0.15, 0.2) is 5.13 Å². The van der Waals surface area contributed by atoms with Crippen LogP contribution < -0.4 is 10.1 Å². The number of rotatable bonds is 6. The van der Waals surface area contributed by atoms with Crippen molar-refractivity contribution in [3.05, 3.63) is 18.2 Å². The highest BCUT2D eigenvalue weighted by atomic mass is 32.1. The number of anilines is 1. The molecule has 1 unspecified atom stereocenters. The number of hydrogen-bond donors (Lipinski definition) is 1. The number of fused-ring (bicyclic) bond motifs is 1. The zero-order valence-corrected chi connectivity index (χ0v) is 12.6. The summed E-state index contributed by atoms with van der Waals surface area (Å²) in [6, 6.07) is 6.20. The molecule has 19 heavy (non-hydrogen) atoms. The molecule has 1 aromatic carbocycles. The largest absolute Gasteiger partial charge is 0.497 e. The SMILES string of the molecule is COCC(Nc1nc2ccc(OC)cc2s1)C(C)C. The van der Waals surface area contributed by atoms with Crippen molar-refractivity contribution >= 4 is 26.7 Å². The second kappa shape index (κ2) is 6.21. The third-order valence-electron chi connectivity index (χ3n) is 3.06. The summed E-state index contributed by atoms with van der Waals surface area (Å²) in [4.78, 5) is 4.59. The summed E-state index contributed by atoms with van der Waals surface area (Å²) in [5.41, 5.74) is 0.994. The maximum absolute atomic E-state index is 5.24. The van der Waals surface area contributed by atoms with Gasteiger partial charge in [0.1, 0.15) is 5.75 Å². The zero-order valence-electron chi connectivity index (χ0n) is 11.8. The normalized spacial score (nSPS) is 12.9. The van der Waals surface area contributed by atoms with Crippen LogP contribution in [0.5, 0.6) is 5.75 Å². The lowest BCUT2D eigenvalue weighted by Crippen LogP contribution is -2.30. The molecular weight excluding hydrogens is 260 g/mol. The minimum atomic E-state index is 0.271. The van der Waals surface area contributed by atoms with Gasteiger partial charge >= 0.3 is 0 Å². The summed E-state index contributed by atoms with van der Waals surface area (Å²) >= 11 is 1.64. The molecule has 2 aromatic rings. The van der Waals surface area contributed by atoms with Crippen LogP contribution in [0.25, 0.3) is 10.2 Å². The quantitative estimate of drug-likeness (QED) is 0.881. The third kappa shape index (κ3) is 3.36. The molecule has 0 amide bonds. The van der Waals surface area contributed by atoms with Gasteiger partial charge in [0.05, 0.1) is 30.0 Å². The van der Waals surface area contributed by atoms with Crippen LogP contribution in [0.2, 0.25) is 0 Å². The third-order valence-corrected chi connectivity index (χ3v) is 4.00. The standard InChI is InChI=1S/C14H20N2O2S/c1-9(2)12(8-17-3)16-14-15-11-6-5-10(18-4)7-13(11)19-14/h5-7,9,12H,8H2,1-4H3,(H,15,16). The van der Waals surface area contributed by atoms with E-state index in [2.05, 4.69) is 24.1 Å². The van der Waals surface area contributed by atoms with E-state index in [1.165, 1.54) is 0 Å². The average molecular weight is 280 g/mol. The maximum atomic E-state index is 5.24. The van der Waals surface area contributed by atoms with Crippen LogP contribution in [-0.4, -0.2) is 31.9 Å². The Balaban J connectivity index is 2.20. The lowest BCUT2D eigenvalue weighted by Gasteiger charge is -2.20. The molecular formula is C14H20N2O2S. The van der Waals surface area contributed by atoms with Gasteiger partial charge in [0.25, 0.3) is 0 Å². The summed E-state index contributed by atoms with van der Waals surface area (Å²) in [6.07, 6.45) is 0. The Bertz CT molecular complexity index is 539. The van der Waals surface area contributed by atoms with Gasteiger partial charge in [-0.3, -0.25) is 0 Å². The molecule has 1 aromatic heterocycles. The molecule has 0 aliphatic rings. The van der Waals surface area contributed by atoms with Crippen molar-refractivity contribution in [1.82, 2.24) is 4.98 Å². The van der Waals surface area contributed by atoms with Crippen LogP contribution in [-0.2, 0) is 4.74 Å². The predicted molar refractivity (Wildman–Crippen MR) is 80.3 cm³/mol. The van der Waals surface area contributed by atoms with E-state index in [1.54, 1.807) is 25.6 Å². The molecule has 2 rings (SSSR count). The van der Waals surface area contributed by atoms with E-state index in [0.717, 1.165) is 21.1 Å². The van der Waals surface area contributed by atoms with Crippen molar-refractivity contribution in [3.63, 3.8) is 0 Å². The molecule has 0 aliphatic carbocycles. The topological polar surface area (TPSA) is 43.4 Å². The van der Waals surface area contributed by atoms with E-state index in [4.69, 9.17) is 9.47 Å². The molecule has 1 heterocycles. The predicted octanol–water partition coefficient (Wildman–Crippen LogP) is 3.39. The zero-order chi connectivity index (χ0) is 13.8. The molecule has 5 heteroatoms. The first-order chi connectivity index (χ1) is 9.13. The maximum Gasteiger partial charge on any atom is 0.184 e. The van der Waals surface area contributed by atoms with Gasteiger partial charge < -0.3 is 14.8 Å². The Morgan fingerprint density at radius 2 is 2.11 bits per heavy atom. The van der Waals surface area contributed by atoms with Crippen LogP contribution in [0, 0.1) is 5.92 Å². The Labute approximate surface area is 117 Å². The number of thiazole rings is 1. The van der Waals surface area contributed by atoms with Crippen LogP contribution >= 0.6 is 11.3 Å². The van der Waals surface area contributed by atoms with E-state index in [1.807, 2.05) is 18.2 Å². The smallest absolute Gasteiger partial charge is 0.184 e. The molecule has 1 atom stereocenters. The van der Waals surface area contributed by atoms with E-state index in [0.29, 0.717) is 12.5 Å². The fourth-order valence-electron chi connectivity index (χ4n) is 1.83. The van der Waals surface area contributed by atoms with Crippen molar-refractivity contribution in [2.24, 2.45) is 5.92 Å². The highest BCUT2D eigenvalue weighted by Gasteiger charge is 2.15. The molecule has 104 valence electrons. The van der Waals surface area contributed by atoms with Crippen molar-refractivity contribution in [2.45, 2.75) is 19.9 Å². The monoisotopic (exact) mass is 280 g/mol. The lowest BCUT2D eigenvalue weighted by atomic mass is 10.1. The van der Waals surface area contributed by atoms with Crippen molar-refractivity contribution in [2.75, 3.05) is 26.1 Å². The van der Waals surface area contributed by atoms with E-state index in [9.17, 15) is 0 Å². The minimum Gasteiger partial charge on any atom is -0.497 e. The van der Waals surface area contributed by atoms with Crippen molar-refractivity contribution < 1.29 is 9.47 Å². The molecule has 0 aliphatic heterocycles. The molecule has 0 saturated heterocycles. The molecule has 0 spiro atoms. The first-order valence-electron chi connectivity index (χ1n) is 6.34. The Hall–Kier alpha value is -1.33. The molecule has 4 nitrogen and oxygen atoms in total. The van der Waals surface area contributed by atoms with Gasteiger partial charge in [-0.2, -0.15) is 0 Å². The van der Waals surface area contributed by atoms with Crippen LogP contribution in [0.4, 0.5) is 5.13 Å². The number of ether oxygens (including phenoxy) is 2. The summed E-state index contributed by atoms with van der Waals surface area (Å²) in [7, 11) is 3.40. The van der Waals surface area contributed by atoms with Crippen LogP contribution in [0.15, 0.2) is 18.2 Å². The van der Waals surface area contributed by atoms with E-state index >= 15 is 0 Å². The summed E-state index contributed by atoms with van der Waals surface area (Å²) in [5.74, 6) is 1.35. The second-order valence-electron chi connectivity index (χ2n) is 4.80. The lowest BCUT2D eigenvalue weighted by molar-refractivity contribution is 0.171. The fraction of sp³-hybridized carbons (Fsp3) is 0.500. The number of benzene rings is 1. The van der Waals surface area contributed by atoms with Gasteiger partial charge in [-0.05, 0) is 24.1 Å². The Kier molecular flexibility index (Phi) is 4.61. The summed E-state index contributed by atoms with van der Waals surface area (Å²) in [6.45, 7) is 5.02. The number of methoxy groups -OCH3 is 2. The Morgan fingerprint density at radius 3 is 2.74 bits per heavy atom. The first-order valence-corrected chi connectivity index (χ1v) is 7.15. The number of hydrogen-bond acceptors (Lipinski definition) is 5. The van der Waals surface area contributed by atoms with Gasteiger partial charge in [-0.15, -0.1) is 0 Å². The molecule has 0 fully saturated rings. The van der Waals surface area contributed by atoms with E-state index in [-0.39, 0.29) is 6.04 Å². The summed E-state index contributed by atoms with van der Waals surface area (Å²) < 4.78 is 11.6. The average Bonchev–Trinajstić information content (AvgIpc) is 2.79. The van der Waals surface area contributed by atoms with Crippen LogP contribution in [0.1, 0.15) is 13.8 Å². The molecule has 0 bridgehead atoms.